The van der Waals surface area contributed by atoms with Crippen LogP contribution in [0.5, 0.6) is 11.5 Å². The van der Waals surface area contributed by atoms with E-state index in [1.165, 1.54) is 11.3 Å². The van der Waals surface area contributed by atoms with Crippen molar-refractivity contribution in [2.75, 3.05) is 19.0 Å². The molecule has 3 aromatic rings. The smallest absolute Gasteiger partial charge is 0.226 e. The summed E-state index contributed by atoms with van der Waals surface area (Å²) in [4.78, 5) is 16.6. The summed E-state index contributed by atoms with van der Waals surface area (Å²) in [6, 6.07) is 11.2. The third-order valence-electron chi connectivity index (χ3n) is 3.77. The van der Waals surface area contributed by atoms with E-state index in [1.807, 2.05) is 37.3 Å². The predicted octanol–water partition coefficient (Wildman–Crippen LogP) is 4.93. The number of methoxy groups -OCH3 is 1. The van der Waals surface area contributed by atoms with Crippen molar-refractivity contribution in [3.8, 4) is 11.5 Å². The maximum absolute atomic E-state index is 12.2. The molecule has 1 amide bonds. The molecule has 0 saturated heterocycles. The maximum Gasteiger partial charge on any atom is 0.226 e. The van der Waals surface area contributed by atoms with Gasteiger partial charge in [0.25, 0.3) is 0 Å². The molecule has 0 fully saturated rings. The number of ether oxygens (including phenoxy) is 2. The SMILES string of the molecule is CCOc1ccc(CCC(=O)Nc2nc3ccc(Cl)cc3s2)cc1OC. The quantitative estimate of drug-likeness (QED) is 0.621. The number of carbonyl (C=O) groups is 1. The summed E-state index contributed by atoms with van der Waals surface area (Å²) in [7, 11) is 1.60. The number of carbonyl (C=O) groups excluding carboxylic acids is 1. The van der Waals surface area contributed by atoms with Gasteiger partial charge >= 0.3 is 0 Å². The maximum atomic E-state index is 12.2. The van der Waals surface area contributed by atoms with Gasteiger partial charge in [-0.25, -0.2) is 4.98 Å². The van der Waals surface area contributed by atoms with Gasteiger partial charge in [-0.1, -0.05) is 29.0 Å². The number of halogens is 1. The van der Waals surface area contributed by atoms with Gasteiger partial charge in [0.15, 0.2) is 16.6 Å². The van der Waals surface area contributed by atoms with Gasteiger partial charge in [0, 0.05) is 11.4 Å². The number of rotatable bonds is 7. The number of nitrogens with zero attached hydrogens (tertiary/aromatic N) is 1. The van der Waals surface area contributed by atoms with Crippen LogP contribution in [-0.2, 0) is 11.2 Å². The Morgan fingerprint density at radius 1 is 1.23 bits per heavy atom. The minimum Gasteiger partial charge on any atom is -0.493 e. The van der Waals surface area contributed by atoms with Gasteiger partial charge < -0.3 is 14.8 Å². The van der Waals surface area contributed by atoms with Crippen LogP contribution in [0.1, 0.15) is 18.9 Å². The molecule has 0 atom stereocenters. The monoisotopic (exact) mass is 390 g/mol. The lowest BCUT2D eigenvalue weighted by Crippen LogP contribution is -2.12. The van der Waals surface area contributed by atoms with Crippen molar-refractivity contribution in [2.45, 2.75) is 19.8 Å². The molecule has 0 aliphatic heterocycles. The molecule has 136 valence electrons. The minimum atomic E-state index is -0.0806. The van der Waals surface area contributed by atoms with E-state index in [0.29, 0.717) is 41.1 Å². The van der Waals surface area contributed by atoms with Crippen LogP contribution in [0.3, 0.4) is 0 Å². The highest BCUT2D eigenvalue weighted by Gasteiger charge is 2.10. The molecule has 1 aromatic heterocycles. The molecule has 3 rings (SSSR count). The lowest BCUT2D eigenvalue weighted by atomic mass is 10.1. The van der Waals surface area contributed by atoms with Crippen LogP contribution in [0, 0.1) is 0 Å². The first-order chi connectivity index (χ1) is 12.6. The van der Waals surface area contributed by atoms with E-state index in [9.17, 15) is 4.79 Å². The molecule has 0 unspecified atom stereocenters. The summed E-state index contributed by atoms with van der Waals surface area (Å²) in [5, 5.41) is 4.09. The van der Waals surface area contributed by atoms with Crippen molar-refractivity contribution in [1.29, 1.82) is 0 Å². The van der Waals surface area contributed by atoms with E-state index in [4.69, 9.17) is 21.1 Å². The van der Waals surface area contributed by atoms with Gasteiger partial charge in [0.2, 0.25) is 5.91 Å². The van der Waals surface area contributed by atoms with Crippen molar-refractivity contribution in [3.05, 3.63) is 47.0 Å². The summed E-state index contributed by atoms with van der Waals surface area (Å²) in [6.45, 7) is 2.50. The van der Waals surface area contributed by atoms with Gasteiger partial charge in [0.05, 0.1) is 23.9 Å². The van der Waals surface area contributed by atoms with Crippen molar-refractivity contribution < 1.29 is 14.3 Å². The fourth-order valence-corrected chi connectivity index (χ4v) is 3.69. The van der Waals surface area contributed by atoms with Gasteiger partial charge in [0.1, 0.15) is 0 Å². The Morgan fingerprint density at radius 2 is 2.08 bits per heavy atom. The van der Waals surface area contributed by atoms with Crippen molar-refractivity contribution in [1.82, 2.24) is 4.98 Å². The predicted molar refractivity (Wildman–Crippen MR) is 106 cm³/mol. The van der Waals surface area contributed by atoms with Crippen LogP contribution in [0.15, 0.2) is 36.4 Å². The van der Waals surface area contributed by atoms with Crippen molar-refractivity contribution in [3.63, 3.8) is 0 Å². The molecule has 0 aliphatic carbocycles. The lowest BCUT2D eigenvalue weighted by molar-refractivity contribution is -0.116. The molecule has 0 bridgehead atoms. The first-order valence-electron chi connectivity index (χ1n) is 8.24. The van der Waals surface area contributed by atoms with Crippen LogP contribution in [0.2, 0.25) is 5.02 Å². The van der Waals surface area contributed by atoms with E-state index in [-0.39, 0.29) is 5.91 Å². The molecule has 1 heterocycles. The fraction of sp³-hybridized carbons (Fsp3) is 0.263. The standard InChI is InChI=1S/C19H19ClN2O3S/c1-3-25-15-8-4-12(10-16(15)24-2)5-9-18(23)22-19-21-14-7-6-13(20)11-17(14)26-19/h4,6-8,10-11H,3,5,9H2,1-2H3,(H,21,22,23). The molecule has 0 spiro atoms. The van der Waals surface area contributed by atoms with Crippen LogP contribution in [0.25, 0.3) is 10.2 Å². The second-order valence-corrected chi connectivity index (χ2v) is 7.06. The van der Waals surface area contributed by atoms with Crippen LogP contribution in [0.4, 0.5) is 5.13 Å². The molecule has 1 N–H and O–H groups in total. The van der Waals surface area contributed by atoms with Gasteiger partial charge in [-0.2, -0.15) is 0 Å². The number of benzene rings is 2. The highest BCUT2D eigenvalue weighted by atomic mass is 35.5. The topological polar surface area (TPSA) is 60.5 Å². The third kappa shape index (κ3) is 4.45. The summed E-state index contributed by atoms with van der Waals surface area (Å²) >= 11 is 7.39. The normalized spacial score (nSPS) is 10.7. The van der Waals surface area contributed by atoms with Crippen LogP contribution < -0.4 is 14.8 Å². The number of aryl methyl sites for hydroxylation is 1. The summed E-state index contributed by atoms with van der Waals surface area (Å²) in [6.07, 6.45) is 0.957. The number of fused-ring (bicyclic) bond motifs is 1. The molecule has 0 saturated carbocycles. The minimum absolute atomic E-state index is 0.0806. The van der Waals surface area contributed by atoms with Crippen LogP contribution >= 0.6 is 22.9 Å². The Bertz CT molecular complexity index is 926. The Hall–Kier alpha value is -2.31. The van der Waals surface area contributed by atoms with Crippen molar-refractivity contribution >= 4 is 44.2 Å². The zero-order chi connectivity index (χ0) is 18.5. The highest BCUT2D eigenvalue weighted by molar-refractivity contribution is 7.22. The number of hydrogen-bond donors (Lipinski definition) is 1. The first-order valence-corrected chi connectivity index (χ1v) is 9.44. The van der Waals surface area contributed by atoms with E-state index in [1.54, 1.807) is 13.2 Å². The number of hydrogen-bond acceptors (Lipinski definition) is 5. The van der Waals surface area contributed by atoms with E-state index in [2.05, 4.69) is 10.3 Å². The lowest BCUT2D eigenvalue weighted by Gasteiger charge is -2.10. The van der Waals surface area contributed by atoms with Crippen LogP contribution in [-0.4, -0.2) is 24.6 Å². The van der Waals surface area contributed by atoms with Gasteiger partial charge in [-0.15, -0.1) is 0 Å². The number of anilines is 1. The molecule has 5 nitrogen and oxygen atoms in total. The second kappa shape index (κ2) is 8.38. The average Bonchev–Trinajstić information content (AvgIpc) is 3.02. The third-order valence-corrected chi connectivity index (χ3v) is 4.93. The summed E-state index contributed by atoms with van der Waals surface area (Å²) in [5.74, 6) is 1.30. The Labute approximate surface area is 160 Å². The number of amides is 1. The molecule has 2 aromatic carbocycles. The average molecular weight is 391 g/mol. The number of thiazole rings is 1. The van der Waals surface area contributed by atoms with Gasteiger partial charge in [-0.3, -0.25) is 4.79 Å². The van der Waals surface area contributed by atoms with E-state index < -0.39 is 0 Å². The summed E-state index contributed by atoms with van der Waals surface area (Å²) < 4.78 is 11.8. The fourth-order valence-electron chi connectivity index (χ4n) is 2.53. The van der Waals surface area contributed by atoms with E-state index >= 15 is 0 Å². The zero-order valence-corrected chi connectivity index (χ0v) is 16.1. The first kappa shape index (κ1) is 18.5. The highest BCUT2D eigenvalue weighted by Crippen LogP contribution is 2.30. The molecule has 0 aliphatic rings. The Morgan fingerprint density at radius 3 is 2.85 bits per heavy atom. The van der Waals surface area contributed by atoms with Crippen molar-refractivity contribution in [2.24, 2.45) is 0 Å². The molecule has 7 heteroatoms. The zero-order valence-electron chi connectivity index (χ0n) is 14.5. The molecule has 0 radical (unpaired) electrons. The summed E-state index contributed by atoms with van der Waals surface area (Å²) in [5.41, 5.74) is 1.84. The Kier molecular flexibility index (Phi) is 5.96. The molecule has 26 heavy (non-hydrogen) atoms. The van der Waals surface area contributed by atoms with E-state index in [0.717, 1.165) is 15.8 Å². The second-order valence-electron chi connectivity index (χ2n) is 5.60. The van der Waals surface area contributed by atoms with Gasteiger partial charge in [-0.05, 0) is 49.2 Å². The molecular formula is C19H19ClN2O3S. The number of aromatic nitrogens is 1. The number of nitrogens with one attached hydrogen (secondary N) is 1. The molecular weight excluding hydrogens is 372 g/mol. The Balaban J connectivity index is 1.61. The largest absolute Gasteiger partial charge is 0.493 e.